The van der Waals surface area contributed by atoms with Crippen LogP contribution in [-0.4, -0.2) is 15.9 Å². The van der Waals surface area contributed by atoms with E-state index in [2.05, 4.69) is 10.1 Å². The highest BCUT2D eigenvalue weighted by atomic mass is 32.1. The van der Waals surface area contributed by atoms with Crippen molar-refractivity contribution in [3.63, 3.8) is 0 Å². The third kappa shape index (κ3) is 2.50. The maximum absolute atomic E-state index is 10.8. The van der Waals surface area contributed by atoms with Crippen LogP contribution in [0.15, 0.2) is 22.0 Å². The molecule has 0 bridgehead atoms. The van der Waals surface area contributed by atoms with Crippen LogP contribution in [0.1, 0.15) is 19.2 Å². The fourth-order valence-electron chi connectivity index (χ4n) is 1.15. The van der Waals surface area contributed by atoms with Gasteiger partial charge < -0.3 is 9.32 Å². The minimum Gasteiger partial charge on any atom is -0.339 e. The molecule has 0 saturated carbocycles. The summed E-state index contributed by atoms with van der Waals surface area (Å²) in [5.41, 5.74) is 0. The second-order valence-electron chi connectivity index (χ2n) is 3.19. The summed E-state index contributed by atoms with van der Waals surface area (Å²) in [7, 11) is 0. The SMILES string of the molecule is CC(=O)CCc1nc(-c2cccs2)no1. The van der Waals surface area contributed by atoms with Gasteiger partial charge in [0.25, 0.3) is 0 Å². The number of hydrogen-bond donors (Lipinski definition) is 0. The van der Waals surface area contributed by atoms with Gasteiger partial charge in [-0.3, -0.25) is 0 Å². The molecule has 2 aromatic heterocycles. The first-order valence-electron chi connectivity index (χ1n) is 4.61. The van der Waals surface area contributed by atoms with Crippen LogP contribution in [0.3, 0.4) is 0 Å². The number of hydrogen-bond acceptors (Lipinski definition) is 5. The Morgan fingerprint density at radius 1 is 1.60 bits per heavy atom. The third-order valence-corrected chi connectivity index (χ3v) is 2.77. The summed E-state index contributed by atoms with van der Waals surface area (Å²) >= 11 is 1.56. The van der Waals surface area contributed by atoms with Crippen molar-refractivity contribution in [1.82, 2.24) is 10.1 Å². The van der Waals surface area contributed by atoms with Crippen LogP contribution >= 0.6 is 11.3 Å². The molecule has 0 unspecified atom stereocenters. The number of aryl methyl sites for hydroxylation is 1. The van der Waals surface area contributed by atoms with Crippen molar-refractivity contribution in [2.45, 2.75) is 19.8 Å². The van der Waals surface area contributed by atoms with Gasteiger partial charge in [0.2, 0.25) is 11.7 Å². The molecule has 0 radical (unpaired) electrons. The van der Waals surface area contributed by atoms with Crippen molar-refractivity contribution in [2.24, 2.45) is 0 Å². The van der Waals surface area contributed by atoms with Crippen LogP contribution in [-0.2, 0) is 11.2 Å². The van der Waals surface area contributed by atoms with Crippen molar-refractivity contribution < 1.29 is 9.32 Å². The zero-order valence-corrected chi connectivity index (χ0v) is 9.08. The van der Waals surface area contributed by atoms with E-state index in [1.54, 1.807) is 18.3 Å². The molecule has 2 rings (SSSR count). The van der Waals surface area contributed by atoms with Crippen molar-refractivity contribution in [3.8, 4) is 10.7 Å². The minimum absolute atomic E-state index is 0.130. The van der Waals surface area contributed by atoms with Gasteiger partial charge in [0.1, 0.15) is 5.78 Å². The predicted octanol–water partition coefficient (Wildman–Crippen LogP) is 2.32. The van der Waals surface area contributed by atoms with Crippen molar-refractivity contribution in [2.75, 3.05) is 0 Å². The van der Waals surface area contributed by atoms with Gasteiger partial charge >= 0.3 is 0 Å². The van der Waals surface area contributed by atoms with Gasteiger partial charge in [-0.25, -0.2) is 0 Å². The Balaban J connectivity index is 2.08. The molecule has 4 nitrogen and oxygen atoms in total. The Labute approximate surface area is 90.9 Å². The molecule has 15 heavy (non-hydrogen) atoms. The maximum atomic E-state index is 10.8. The molecule has 5 heteroatoms. The van der Waals surface area contributed by atoms with Crippen molar-refractivity contribution >= 4 is 17.1 Å². The fraction of sp³-hybridized carbons (Fsp3) is 0.300. The summed E-state index contributed by atoms with van der Waals surface area (Å²) in [6, 6.07) is 3.87. The smallest absolute Gasteiger partial charge is 0.227 e. The van der Waals surface area contributed by atoms with E-state index in [0.717, 1.165) is 4.88 Å². The molecule has 0 fully saturated rings. The second kappa shape index (κ2) is 4.35. The van der Waals surface area contributed by atoms with Crippen LogP contribution in [0.4, 0.5) is 0 Å². The summed E-state index contributed by atoms with van der Waals surface area (Å²) in [5.74, 6) is 1.25. The van der Waals surface area contributed by atoms with Crippen molar-refractivity contribution in [1.29, 1.82) is 0 Å². The Morgan fingerprint density at radius 3 is 3.13 bits per heavy atom. The first-order valence-corrected chi connectivity index (χ1v) is 5.49. The lowest BCUT2D eigenvalue weighted by atomic mass is 10.2. The zero-order valence-electron chi connectivity index (χ0n) is 8.27. The van der Waals surface area contributed by atoms with E-state index < -0.39 is 0 Å². The lowest BCUT2D eigenvalue weighted by Gasteiger charge is -1.88. The number of carbonyl (C=O) groups excluding carboxylic acids is 1. The minimum atomic E-state index is 0.130. The van der Waals surface area contributed by atoms with Gasteiger partial charge in [-0.05, 0) is 18.4 Å². The van der Waals surface area contributed by atoms with Crippen molar-refractivity contribution in [3.05, 3.63) is 23.4 Å². The van der Waals surface area contributed by atoms with Crippen LogP contribution in [0.2, 0.25) is 0 Å². The van der Waals surface area contributed by atoms with E-state index in [1.807, 2.05) is 17.5 Å². The normalized spacial score (nSPS) is 10.5. The molecule has 2 aromatic rings. The summed E-state index contributed by atoms with van der Waals surface area (Å²) in [4.78, 5) is 15.9. The van der Waals surface area contributed by atoms with E-state index >= 15 is 0 Å². The quantitative estimate of drug-likeness (QED) is 0.796. The Morgan fingerprint density at radius 2 is 2.47 bits per heavy atom. The van der Waals surface area contributed by atoms with Crippen LogP contribution in [0.25, 0.3) is 10.7 Å². The van der Waals surface area contributed by atoms with Crippen LogP contribution in [0.5, 0.6) is 0 Å². The van der Waals surface area contributed by atoms with Gasteiger partial charge in [-0.2, -0.15) is 4.98 Å². The molecule has 0 aliphatic heterocycles. The highest BCUT2D eigenvalue weighted by Gasteiger charge is 2.09. The van der Waals surface area contributed by atoms with Gasteiger partial charge in [0.05, 0.1) is 4.88 Å². The molecule has 0 atom stereocenters. The summed E-state index contributed by atoms with van der Waals surface area (Å²) in [6.07, 6.45) is 0.972. The van der Waals surface area contributed by atoms with Crippen LogP contribution < -0.4 is 0 Å². The predicted molar refractivity (Wildman–Crippen MR) is 56.6 cm³/mol. The van der Waals surface area contributed by atoms with E-state index in [-0.39, 0.29) is 5.78 Å². The largest absolute Gasteiger partial charge is 0.339 e. The van der Waals surface area contributed by atoms with E-state index in [4.69, 9.17) is 4.52 Å². The third-order valence-electron chi connectivity index (χ3n) is 1.90. The summed E-state index contributed by atoms with van der Waals surface area (Å²) in [5, 5.41) is 5.81. The monoisotopic (exact) mass is 222 g/mol. The average molecular weight is 222 g/mol. The molecule has 0 aromatic carbocycles. The first-order chi connectivity index (χ1) is 7.25. The second-order valence-corrected chi connectivity index (χ2v) is 4.14. The highest BCUT2D eigenvalue weighted by Crippen LogP contribution is 2.21. The van der Waals surface area contributed by atoms with Gasteiger partial charge in [-0.1, -0.05) is 11.2 Å². The topological polar surface area (TPSA) is 56.0 Å². The lowest BCUT2D eigenvalue weighted by molar-refractivity contribution is -0.117. The van der Waals surface area contributed by atoms with Crippen LogP contribution in [0, 0.1) is 0 Å². The fourth-order valence-corrected chi connectivity index (χ4v) is 1.79. The Hall–Kier alpha value is -1.49. The number of nitrogens with zero attached hydrogens (tertiary/aromatic N) is 2. The number of ketones is 1. The number of carbonyl (C=O) groups is 1. The standard InChI is InChI=1S/C10H10N2O2S/c1-7(13)4-5-9-11-10(12-14-9)8-3-2-6-15-8/h2-3,6H,4-5H2,1H3. The first kappa shape index (κ1) is 10.0. The lowest BCUT2D eigenvalue weighted by Crippen LogP contribution is -1.93. The molecule has 2 heterocycles. The van der Waals surface area contributed by atoms with Gasteiger partial charge in [-0.15, -0.1) is 11.3 Å². The van der Waals surface area contributed by atoms with Gasteiger partial charge in [0, 0.05) is 12.8 Å². The Kier molecular flexibility index (Phi) is 2.91. The molecule has 0 aliphatic rings. The zero-order chi connectivity index (χ0) is 10.7. The summed E-state index contributed by atoms with van der Waals surface area (Å²) < 4.78 is 5.03. The van der Waals surface area contributed by atoms with E-state index in [1.165, 1.54) is 0 Å². The highest BCUT2D eigenvalue weighted by molar-refractivity contribution is 7.13. The number of Topliss-reactive ketones (excluding diaryl/α,β-unsaturated/α-hetero) is 1. The van der Waals surface area contributed by atoms with E-state index in [0.29, 0.717) is 24.6 Å². The molecular formula is C10H10N2O2S. The molecule has 0 saturated heterocycles. The molecular weight excluding hydrogens is 212 g/mol. The molecule has 0 spiro atoms. The Bertz CT molecular complexity index is 448. The number of rotatable bonds is 4. The number of aromatic nitrogens is 2. The molecule has 0 N–H and O–H groups in total. The molecule has 78 valence electrons. The average Bonchev–Trinajstić information content (AvgIpc) is 2.85. The van der Waals surface area contributed by atoms with Gasteiger partial charge in [0.15, 0.2) is 0 Å². The summed E-state index contributed by atoms with van der Waals surface area (Å²) in [6.45, 7) is 1.55. The molecule has 0 amide bonds. The van der Waals surface area contributed by atoms with E-state index in [9.17, 15) is 4.79 Å². The maximum Gasteiger partial charge on any atom is 0.227 e. The molecule has 0 aliphatic carbocycles. The number of thiophene rings is 1.